The highest BCUT2D eigenvalue weighted by molar-refractivity contribution is 5.65. The van der Waals surface area contributed by atoms with Gasteiger partial charge in [-0.05, 0) is 49.1 Å². The minimum absolute atomic E-state index is 0.881. The second-order valence-electron chi connectivity index (χ2n) is 9.86. The van der Waals surface area contributed by atoms with E-state index in [1.807, 2.05) is 6.20 Å². The fourth-order valence-electron chi connectivity index (χ4n) is 5.17. The molecule has 0 unspecified atom stereocenters. The number of nitrogens with zero attached hydrogens (tertiary/aromatic N) is 2. The van der Waals surface area contributed by atoms with Crippen molar-refractivity contribution in [3.63, 3.8) is 0 Å². The average Bonchev–Trinajstić information content (AvgIpc) is 2.80. The number of hydrogen-bond acceptors (Lipinski definition) is 2. The fraction of sp³-hybridized carbons (Fsp3) is 0.655. The molecule has 0 bridgehead atoms. The lowest BCUT2D eigenvalue weighted by atomic mass is 9.78. The van der Waals surface area contributed by atoms with E-state index in [0.717, 1.165) is 29.8 Å². The van der Waals surface area contributed by atoms with Gasteiger partial charge in [-0.25, -0.2) is 9.97 Å². The lowest BCUT2D eigenvalue weighted by molar-refractivity contribution is 0.248. The van der Waals surface area contributed by atoms with Crippen LogP contribution in [0, 0.1) is 18.8 Å². The molecule has 1 aliphatic carbocycles. The molecule has 2 heteroatoms. The zero-order valence-electron chi connectivity index (χ0n) is 20.3. The molecular formula is C29H44N2. The second kappa shape index (κ2) is 13.0. The first-order valence-electron chi connectivity index (χ1n) is 13.1. The summed E-state index contributed by atoms with van der Waals surface area (Å²) in [5.41, 5.74) is 4.97. The predicted octanol–water partition coefficient (Wildman–Crippen LogP) is 8.50. The highest BCUT2D eigenvalue weighted by Gasteiger charge is 2.21. The monoisotopic (exact) mass is 420 g/mol. The summed E-state index contributed by atoms with van der Waals surface area (Å²) in [6, 6.07) is 9.03. The highest BCUT2D eigenvalue weighted by Crippen LogP contribution is 2.34. The number of benzene rings is 1. The molecule has 0 spiro atoms. The Bertz CT molecular complexity index is 757. The van der Waals surface area contributed by atoms with Gasteiger partial charge in [0.2, 0.25) is 0 Å². The van der Waals surface area contributed by atoms with Gasteiger partial charge in [0.25, 0.3) is 0 Å². The highest BCUT2D eigenvalue weighted by atomic mass is 14.9. The molecule has 0 N–H and O–H groups in total. The van der Waals surface area contributed by atoms with E-state index in [1.54, 1.807) is 0 Å². The summed E-state index contributed by atoms with van der Waals surface area (Å²) in [7, 11) is 0. The number of aryl methyl sites for hydroxylation is 3. The molecule has 0 aliphatic heterocycles. The Morgan fingerprint density at radius 2 is 1.42 bits per heavy atom. The molecule has 170 valence electrons. The summed E-state index contributed by atoms with van der Waals surface area (Å²) in [4.78, 5) is 9.61. The molecule has 0 saturated heterocycles. The Balaban J connectivity index is 1.46. The van der Waals surface area contributed by atoms with Crippen LogP contribution < -0.4 is 0 Å². The first-order chi connectivity index (χ1) is 15.2. The minimum Gasteiger partial charge on any atom is -0.241 e. The standard InChI is InChI=1S/C29H44N2/c1-4-6-8-10-24-12-14-26(15-13-24)18-21-29-30-22-28(23(3)31-29)27-19-16-25(17-20-27)11-9-7-5-2/h16-17,19-20,22,24,26H,4-15,18,21H2,1-3H3. The Morgan fingerprint density at radius 1 is 0.774 bits per heavy atom. The largest absolute Gasteiger partial charge is 0.241 e. The van der Waals surface area contributed by atoms with Crippen molar-refractivity contribution in [3.05, 3.63) is 47.5 Å². The van der Waals surface area contributed by atoms with Gasteiger partial charge in [-0.15, -0.1) is 0 Å². The summed E-state index contributed by atoms with van der Waals surface area (Å²) in [6.07, 6.45) is 20.8. The van der Waals surface area contributed by atoms with Crippen molar-refractivity contribution in [1.29, 1.82) is 0 Å². The van der Waals surface area contributed by atoms with Gasteiger partial charge >= 0.3 is 0 Å². The number of unbranched alkanes of at least 4 members (excludes halogenated alkanes) is 4. The van der Waals surface area contributed by atoms with E-state index in [0.29, 0.717) is 0 Å². The van der Waals surface area contributed by atoms with Gasteiger partial charge in [0.1, 0.15) is 5.82 Å². The molecule has 3 rings (SSSR count). The molecule has 0 amide bonds. The maximum atomic E-state index is 4.87. The van der Waals surface area contributed by atoms with Crippen LogP contribution in [-0.4, -0.2) is 9.97 Å². The van der Waals surface area contributed by atoms with Crippen LogP contribution in [0.25, 0.3) is 11.1 Å². The van der Waals surface area contributed by atoms with E-state index in [2.05, 4.69) is 45.0 Å². The van der Waals surface area contributed by atoms with Gasteiger partial charge in [-0.1, -0.05) is 102 Å². The maximum Gasteiger partial charge on any atom is 0.128 e. The van der Waals surface area contributed by atoms with Crippen LogP contribution >= 0.6 is 0 Å². The topological polar surface area (TPSA) is 25.8 Å². The lowest BCUT2D eigenvalue weighted by Gasteiger charge is -2.28. The van der Waals surface area contributed by atoms with Crippen LogP contribution in [0.3, 0.4) is 0 Å². The molecule has 1 aliphatic rings. The minimum atomic E-state index is 0.881. The molecule has 1 aromatic heterocycles. The smallest absolute Gasteiger partial charge is 0.128 e. The molecule has 31 heavy (non-hydrogen) atoms. The van der Waals surface area contributed by atoms with Gasteiger partial charge in [0.15, 0.2) is 0 Å². The van der Waals surface area contributed by atoms with Crippen LogP contribution in [-0.2, 0) is 12.8 Å². The molecule has 1 fully saturated rings. The predicted molar refractivity (Wildman–Crippen MR) is 133 cm³/mol. The molecule has 1 heterocycles. The van der Waals surface area contributed by atoms with Gasteiger partial charge in [0.05, 0.1) is 0 Å². The Labute approximate surface area is 191 Å². The molecular weight excluding hydrogens is 376 g/mol. The van der Waals surface area contributed by atoms with E-state index in [-0.39, 0.29) is 0 Å². The zero-order chi connectivity index (χ0) is 21.9. The Morgan fingerprint density at radius 3 is 2.06 bits per heavy atom. The fourth-order valence-corrected chi connectivity index (χ4v) is 5.17. The normalized spacial score (nSPS) is 18.9. The number of hydrogen-bond donors (Lipinski definition) is 0. The quantitative estimate of drug-likeness (QED) is 0.322. The van der Waals surface area contributed by atoms with Crippen molar-refractivity contribution in [2.75, 3.05) is 0 Å². The first-order valence-corrected chi connectivity index (χ1v) is 13.1. The Hall–Kier alpha value is -1.70. The van der Waals surface area contributed by atoms with Crippen LogP contribution in [0.5, 0.6) is 0 Å². The van der Waals surface area contributed by atoms with E-state index in [1.165, 1.54) is 100 Å². The van der Waals surface area contributed by atoms with Gasteiger partial charge in [0, 0.05) is 23.9 Å². The Kier molecular flexibility index (Phi) is 10.0. The molecule has 1 saturated carbocycles. The van der Waals surface area contributed by atoms with Gasteiger partial charge < -0.3 is 0 Å². The van der Waals surface area contributed by atoms with Gasteiger partial charge in [-0.3, -0.25) is 0 Å². The van der Waals surface area contributed by atoms with Crippen molar-refractivity contribution < 1.29 is 0 Å². The van der Waals surface area contributed by atoms with E-state index >= 15 is 0 Å². The third-order valence-electron chi connectivity index (χ3n) is 7.32. The van der Waals surface area contributed by atoms with Gasteiger partial charge in [-0.2, -0.15) is 0 Å². The van der Waals surface area contributed by atoms with E-state index in [4.69, 9.17) is 9.97 Å². The first kappa shape index (κ1) is 24.0. The summed E-state index contributed by atoms with van der Waals surface area (Å²) in [5, 5.41) is 0. The zero-order valence-corrected chi connectivity index (χ0v) is 20.3. The van der Waals surface area contributed by atoms with E-state index < -0.39 is 0 Å². The van der Waals surface area contributed by atoms with Crippen LogP contribution in [0.4, 0.5) is 0 Å². The summed E-state index contributed by atoms with van der Waals surface area (Å²) in [6.45, 7) is 6.70. The molecule has 2 aromatic rings. The number of aromatic nitrogens is 2. The summed E-state index contributed by atoms with van der Waals surface area (Å²) < 4.78 is 0. The van der Waals surface area contributed by atoms with Crippen molar-refractivity contribution >= 4 is 0 Å². The molecule has 0 radical (unpaired) electrons. The molecule has 1 aromatic carbocycles. The van der Waals surface area contributed by atoms with Crippen molar-refractivity contribution in [1.82, 2.24) is 9.97 Å². The SMILES string of the molecule is CCCCCc1ccc(-c2cnc(CCC3CCC(CCCCC)CC3)nc2C)cc1. The molecule has 0 atom stereocenters. The van der Waals surface area contributed by atoms with Crippen molar-refractivity contribution in [3.8, 4) is 11.1 Å². The van der Waals surface area contributed by atoms with Crippen molar-refractivity contribution in [2.24, 2.45) is 11.8 Å². The third kappa shape index (κ3) is 7.74. The van der Waals surface area contributed by atoms with Crippen LogP contribution in [0.2, 0.25) is 0 Å². The number of rotatable bonds is 12. The lowest BCUT2D eigenvalue weighted by Crippen LogP contribution is -2.15. The third-order valence-corrected chi connectivity index (χ3v) is 7.32. The molecule has 2 nitrogen and oxygen atoms in total. The average molecular weight is 421 g/mol. The van der Waals surface area contributed by atoms with Crippen LogP contribution in [0.15, 0.2) is 30.5 Å². The van der Waals surface area contributed by atoms with Crippen molar-refractivity contribution in [2.45, 2.75) is 111 Å². The second-order valence-corrected chi connectivity index (χ2v) is 9.86. The maximum absolute atomic E-state index is 4.87. The van der Waals surface area contributed by atoms with E-state index in [9.17, 15) is 0 Å². The van der Waals surface area contributed by atoms with Crippen LogP contribution in [0.1, 0.15) is 108 Å². The summed E-state index contributed by atoms with van der Waals surface area (Å²) >= 11 is 0. The summed E-state index contributed by atoms with van der Waals surface area (Å²) in [5.74, 6) is 2.91.